The highest BCUT2D eigenvalue weighted by molar-refractivity contribution is 6.05. The van der Waals surface area contributed by atoms with Gasteiger partial charge in [-0.2, -0.15) is 18.2 Å². The molecule has 0 fully saturated rings. The quantitative estimate of drug-likeness (QED) is 0.200. The number of fused-ring (bicyclic) bond motifs is 1. The van der Waals surface area contributed by atoms with Gasteiger partial charge in [-0.15, -0.1) is 0 Å². The zero-order valence-electron chi connectivity index (χ0n) is 19.5. The van der Waals surface area contributed by atoms with Crippen molar-refractivity contribution in [1.82, 2.24) is 15.0 Å². The average Bonchev–Trinajstić information content (AvgIpc) is 3.35. The molecule has 5 rings (SSSR count). The predicted molar refractivity (Wildman–Crippen MR) is 137 cm³/mol. The SMILES string of the molecule is Cc1ccc(C(=O)Nc2cccc(C(F)(F)F)c2)cc1Nc1nc(Nc2ccccc2)nc2cc[nH]c12. The number of rotatable bonds is 6. The van der Waals surface area contributed by atoms with E-state index < -0.39 is 17.6 Å². The maximum atomic E-state index is 13.0. The van der Waals surface area contributed by atoms with Gasteiger partial charge in [-0.3, -0.25) is 4.79 Å². The zero-order chi connectivity index (χ0) is 26.0. The summed E-state index contributed by atoms with van der Waals surface area (Å²) in [4.78, 5) is 25.1. The third-order valence-electron chi connectivity index (χ3n) is 5.64. The van der Waals surface area contributed by atoms with Crippen LogP contribution in [0.4, 0.5) is 42.0 Å². The number of benzene rings is 3. The second-order valence-corrected chi connectivity index (χ2v) is 8.31. The van der Waals surface area contributed by atoms with Gasteiger partial charge >= 0.3 is 6.18 Å². The van der Waals surface area contributed by atoms with E-state index >= 15 is 0 Å². The van der Waals surface area contributed by atoms with Crippen molar-refractivity contribution in [3.05, 3.63) is 102 Å². The van der Waals surface area contributed by atoms with Gasteiger partial charge in [-0.25, -0.2) is 4.98 Å². The van der Waals surface area contributed by atoms with E-state index in [1.165, 1.54) is 12.1 Å². The minimum absolute atomic E-state index is 0.0513. The van der Waals surface area contributed by atoms with Crippen molar-refractivity contribution in [2.45, 2.75) is 13.1 Å². The third-order valence-corrected chi connectivity index (χ3v) is 5.64. The van der Waals surface area contributed by atoms with Gasteiger partial charge in [0.1, 0.15) is 5.52 Å². The normalized spacial score (nSPS) is 11.4. The van der Waals surface area contributed by atoms with Crippen LogP contribution in [0.25, 0.3) is 11.0 Å². The summed E-state index contributed by atoms with van der Waals surface area (Å²) < 4.78 is 39.1. The summed E-state index contributed by atoms with van der Waals surface area (Å²) in [6.07, 6.45) is -2.75. The van der Waals surface area contributed by atoms with Gasteiger partial charge in [0.25, 0.3) is 5.91 Å². The topological polar surface area (TPSA) is 94.7 Å². The molecule has 0 atom stereocenters. The van der Waals surface area contributed by atoms with Crippen LogP contribution in [0.2, 0.25) is 0 Å². The van der Waals surface area contributed by atoms with E-state index in [-0.39, 0.29) is 11.3 Å². The Kier molecular flexibility index (Phi) is 6.22. The number of carbonyl (C=O) groups excluding carboxylic acids is 1. The van der Waals surface area contributed by atoms with Crippen molar-refractivity contribution in [1.29, 1.82) is 0 Å². The molecule has 2 heterocycles. The number of halogens is 3. The summed E-state index contributed by atoms with van der Waals surface area (Å²) >= 11 is 0. The molecule has 0 saturated heterocycles. The van der Waals surface area contributed by atoms with E-state index in [4.69, 9.17) is 0 Å². The monoisotopic (exact) mass is 502 g/mol. The first-order valence-electron chi connectivity index (χ1n) is 11.3. The molecule has 7 nitrogen and oxygen atoms in total. The molecule has 186 valence electrons. The fourth-order valence-electron chi connectivity index (χ4n) is 3.74. The lowest BCUT2D eigenvalue weighted by atomic mass is 10.1. The second-order valence-electron chi connectivity index (χ2n) is 8.31. The Bertz CT molecular complexity index is 1580. The Hall–Kier alpha value is -4.86. The van der Waals surface area contributed by atoms with Crippen LogP contribution in [0.5, 0.6) is 0 Å². The van der Waals surface area contributed by atoms with Crippen molar-refractivity contribution >= 4 is 45.8 Å². The number of alkyl halides is 3. The molecule has 0 unspecified atom stereocenters. The van der Waals surface area contributed by atoms with Gasteiger partial charge in [0.15, 0.2) is 5.82 Å². The average molecular weight is 503 g/mol. The summed E-state index contributed by atoms with van der Waals surface area (Å²) in [6.45, 7) is 1.87. The number of aromatic amines is 1. The largest absolute Gasteiger partial charge is 0.416 e. The van der Waals surface area contributed by atoms with E-state index in [2.05, 4.69) is 30.9 Å². The van der Waals surface area contributed by atoms with E-state index in [0.717, 1.165) is 23.4 Å². The molecule has 5 aromatic rings. The summed E-state index contributed by atoms with van der Waals surface area (Å²) in [5.41, 5.74) is 3.12. The van der Waals surface area contributed by atoms with Crippen molar-refractivity contribution in [2.75, 3.05) is 16.0 Å². The first-order valence-corrected chi connectivity index (χ1v) is 11.3. The third kappa shape index (κ3) is 5.37. The Balaban J connectivity index is 1.41. The number of hydrogen-bond donors (Lipinski definition) is 4. The van der Waals surface area contributed by atoms with Crippen LogP contribution in [0.15, 0.2) is 85.1 Å². The standard InChI is InChI=1S/C27H21F3N6O/c1-16-10-11-17(25(37)32-20-9-5-6-18(15-20)27(28,29)30)14-22(16)34-24-23-21(12-13-31-23)35-26(36-24)33-19-7-3-2-4-8-19/h2-15,31H,1H3,(H,32,37)(H2,33,34,35,36). The Morgan fingerprint density at radius 2 is 1.65 bits per heavy atom. The summed E-state index contributed by atoms with van der Waals surface area (Å²) in [5, 5.41) is 8.98. The van der Waals surface area contributed by atoms with E-state index in [9.17, 15) is 18.0 Å². The number of nitrogens with zero attached hydrogens (tertiary/aromatic N) is 2. The van der Waals surface area contributed by atoms with Crippen LogP contribution in [0.1, 0.15) is 21.5 Å². The van der Waals surface area contributed by atoms with Gasteiger partial charge < -0.3 is 20.9 Å². The molecule has 0 aliphatic heterocycles. The van der Waals surface area contributed by atoms with Crippen LogP contribution in [0, 0.1) is 6.92 Å². The molecule has 0 aliphatic carbocycles. The number of hydrogen-bond acceptors (Lipinski definition) is 5. The van der Waals surface area contributed by atoms with Crippen LogP contribution >= 0.6 is 0 Å². The molecule has 2 aromatic heterocycles. The summed E-state index contributed by atoms with van der Waals surface area (Å²) in [7, 11) is 0. The minimum atomic E-state index is -4.50. The lowest BCUT2D eigenvalue weighted by Gasteiger charge is -2.14. The molecular formula is C27H21F3N6O. The van der Waals surface area contributed by atoms with E-state index in [1.54, 1.807) is 24.4 Å². The lowest BCUT2D eigenvalue weighted by Crippen LogP contribution is -2.13. The van der Waals surface area contributed by atoms with Gasteiger partial charge in [0, 0.05) is 28.8 Å². The molecule has 4 N–H and O–H groups in total. The Morgan fingerprint density at radius 1 is 0.865 bits per heavy atom. The maximum Gasteiger partial charge on any atom is 0.416 e. The summed E-state index contributed by atoms with van der Waals surface area (Å²) in [5.74, 6) is 0.338. The van der Waals surface area contributed by atoms with Crippen LogP contribution in [-0.2, 0) is 6.18 Å². The van der Waals surface area contributed by atoms with E-state index in [1.807, 2.05) is 43.3 Å². The molecule has 0 saturated carbocycles. The van der Waals surface area contributed by atoms with Gasteiger partial charge in [0.05, 0.1) is 11.1 Å². The predicted octanol–water partition coefficient (Wildman–Crippen LogP) is 7.02. The lowest BCUT2D eigenvalue weighted by molar-refractivity contribution is -0.137. The fourth-order valence-corrected chi connectivity index (χ4v) is 3.74. The number of aryl methyl sites for hydroxylation is 1. The Morgan fingerprint density at radius 3 is 2.43 bits per heavy atom. The van der Waals surface area contributed by atoms with Gasteiger partial charge in [-0.1, -0.05) is 30.3 Å². The maximum absolute atomic E-state index is 13.0. The molecule has 0 bridgehead atoms. The molecule has 0 radical (unpaired) electrons. The molecule has 0 aliphatic rings. The number of amides is 1. The van der Waals surface area contributed by atoms with Gasteiger partial charge in [0.2, 0.25) is 5.95 Å². The number of aromatic nitrogens is 3. The first-order chi connectivity index (χ1) is 17.8. The van der Waals surface area contributed by atoms with Gasteiger partial charge in [-0.05, 0) is 61.0 Å². The number of anilines is 5. The fraction of sp³-hybridized carbons (Fsp3) is 0.0741. The highest BCUT2D eigenvalue weighted by atomic mass is 19.4. The van der Waals surface area contributed by atoms with Crippen LogP contribution in [-0.4, -0.2) is 20.9 Å². The Labute approximate surface area is 209 Å². The molecule has 0 spiro atoms. The smallest absolute Gasteiger partial charge is 0.357 e. The van der Waals surface area contributed by atoms with Crippen molar-refractivity contribution in [3.63, 3.8) is 0 Å². The highest BCUT2D eigenvalue weighted by Gasteiger charge is 2.30. The molecule has 1 amide bonds. The molecular weight excluding hydrogens is 481 g/mol. The number of para-hydroxylation sites is 1. The van der Waals surface area contributed by atoms with E-state index in [0.29, 0.717) is 28.5 Å². The number of H-pyrrole nitrogens is 1. The van der Waals surface area contributed by atoms with Crippen LogP contribution in [0.3, 0.4) is 0 Å². The molecule has 3 aromatic carbocycles. The first kappa shape index (κ1) is 23.9. The highest BCUT2D eigenvalue weighted by Crippen LogP contribution is 2.31. The van der Waals surface area contributed by atoms with Crippen molar-refractivity contribution < 1.29 is 18.0 Å². The second kappa shape index (κ2) is 9.65. The zero-order valence-corrected chi connectivity index (χ0v) is 19.5. The van der Waals surface area contributed by atoms with Crippen molar-refractivity contribution in [2.24, 2.45) is 0 Å². The summed E-state index contributed by atoms with van der Waals surface area (Å²) in [6, 6.07) is 20.8. The molecule has 37 heavy (non-hydrogen) atoms. The minimum Gasteiger partial charge on any atom is -0.357 e. The molecule has 10 heteroatoms. The number of carbonyl (C=O) groups is 1. The van der Waals surface area contributed by atoms with Crippen LogP contribution < -0.4 is 16.0 Å². The number of nitrogens with one attached hydrogen (secondary N) is 4. The van der Waals surface area contributed by atoms with Crippen molar-refractivity contribution in [3.8, 4) is 0 Å².